The summed E-state index contributed by atoms with van der Waals surface area (Å²) in [4.78, 5) is 12.2. The van der Waals surface area contributed by atoms with Gasteiger partial charge in [-0.25, -0.2) is 0 Å². The molecular formula is C15H16N2O2. The molecule has 98 valence electrons. The second-order valence-electron chi connectivity index (χ2n) is 3.98. The number of para-hydroxylation sites is 1. The molecule has 0 aromatic heterocycles. The van der Waals surface area contributed by atoms with Crippen LogP contribution in [0.15, 0.2) is 48.5 Å². The van der Waals surface area contributed by atoms with E-state index in [4.69, 9.17) is 4.74 Å². The van der Waals surface area contributed by atoms with Crippen molar-refractivity contribution in [3.63, 3.8) is 0 Å². The SMILES string of the molecule is CNc1ccccc1C(=O)Nc1cccc(OC)c1. The fraction of sp³-hybridized carbons (Fsp3) is 0.133. The van der Waals surface area contributed by atoms with Crippen LogP contribution in [0.4, 0.5) is 11.4 Å². The Kier molecular flexibility index (Phi) is 4.03. The fourth-order valence-electron chi connectivity index (χ4n) is 1.80. The van der Waals surface area contributed by atoms with Gasteiger partial charge in [0.05, 0.1) is 12.7 Å². The highest BCUT2D eigenvalue weighted by Gasteiger charge is 2.10. The Bertz CT molecular complexity index is 582. The van der Waals surface area contributed by atoms with E-state index in [9.17, 15) is 4.79 Å². The topological polar surface area (TPSA) is 50.4 Å². The number of carbonyl (C=O) groups excluding carboxylic acids is 1. The van der Waals surface area contributed by atoms with Crippen molar-refractivity contribution in [1.29, 1.82) is 0 Å². The standard InChI is InChI=1S/C15H16N2O2/c1-16-14-9-4-3-8-13(14)15(18)17-11-6-5-7-12(10-11)19-2/h3-10,16H,1-2H3,(H,17,18). The Morgan fingerprint density at radius 3 is 2.63 bits per heavy atom. The van der Waals surface area contributed by atoms with Crippen molar-refractivity contribution in [3.05, 3.63) is 54.1 Å². The molecule has 0 bridgehead atoms. The molecule has 0 aliphatic heterocycles. The van der Waals surface area contributed by atoms with Crippen LogP contribution in [0, 0.1) is 0 Å². The van der Waals surface area contributed by atoms with Gasteiger partial charge < -0.3 is 15.4 Å². The highest BCUT2D eigenvalue weighted by atomic mass is 16.5. The lowest BCUT2D eigenvalue weighted by Crippen LogP contribution is -2.13. The number of ether oxygens (including phenoxy) is 1. The molecular weight excluding hydrogens is 240 g/mol. The molecule has 0 spiro atoms. The van der Waals surface area contributed by atoms with Crippen molar-refractivity contribution in [2.24, 2.45) is 0 Å². The molecule has 0 heterocycles. The van der Waals surface area contributed by atoms with Crippen molar-refractivity contribution < 1.29 is 9.53 Å². The van der Waals surface area contributed by atoms with E-state index >= 15 is 0 Å². The van der Waals surface area contributed by atoms with Crippen LogP contribution in [0.25, 0.3) is 0 Å². The van der Waals surface area contributed by atoms with E-state index in [-0.39, 0.29) is 5.91 Å². The van der Waals surface area contributed by atoms with Gasteiger partial charge in [0, 0.05) is 24.5 Å². The Balaban J connectivity index is 2.20. The van der Waals surface area contributed by atoms with Gasteiger partial charge in [-0.15, -0.1) is 0 Å². The van der Waals surface area contributed by atoms with Crippen molar-refractivity contribution in [3.8, 4) is 5.75 Å². The van der Waals surface area contributed by atoms with Gasteiger partial charge in [-0.3, -0.25) is 4.79 Å². The molecule has 0 saturated heterocycles. The highest BCUT2D eigenvalue weighted by Crippen LogP contribution is 2.19. The van der Waals surface area contributed by atoms with Crippen molar-refractivity contribution in [2.45, 2.75) is 0 Å². The summed E-state index contributed by atoms with van der Waals surface area (Å²) in [5.41, 5.74) is 2.10. The van der Waals surface area contributed by atoms with E-state index in [0.29, 0.717) is 17.0 Å². The molecule has 2 rings (SSSR count). The quantitative estimate of drug-likeness (QED) is 0.884. The van der Waals surface area contributed by atoms with Crippen LogP contribution in [0.2, 0.25) is 0 Å². The Hall–Kier alpha value is -2.49. The van der Waals surface area contributed by atoms with E-state index in [2.05, 4.69) is 10.6 Å². The first-order chi connectivity index (χ1) is 9.24. The molecule has 0 atom stereocenters. The largest absolute Gasteiger partial charge is 0.497 e. The second kappa shape index (κ2) is 5.91. The number of hydrogen-bond donors (Lipinski definition) is 2. The van der Waals surface area contributed by atoms with Crippen LogP contribution in [-0.4, -0.2) is 20.1 Å². The molecule has 2 aromatic rings. The van der Waals surface area contributed by atoms with Crippen LogP contribution in [0.1, 0.15) is 10.4 Å². The zero-order chi connectivity index (χ0) is 13.7. The van der Waals surface area contributed by atoms with Crippen molar-refractivity contribution in [1.82, 2.24) is 0 Å². The summed E-state index contributed by atoms with van der Waals surface area (Å²) in [6, 6.07) is 14.6. The minimum atomic E-state index is -0.154. The van der Waals surface area contributed by atoms with E-state index in [1.807, 2.05) is 36.4 Å². The zero-order valence-corrected chi connectivity index (χ0v) is 10.9. The predicted molar refractivity (Wildman–Crippen MR) is 76.9 cm³/mol. The molecule has 4 heteroatoms. The number of methoxy groups -OCH3 is 1. The third-order valence-corrected chi connectivity index (χ3v) is 2.77. The molecule has 19 heavy (non-hydrogen) atoms. The average molecular weight is 256 g/mol. The maximum Gasteiger partial charge on any atom is 0.257 e. The monoisotopic (exact) mass is 256 g/mol. The van der Waals surface area contributed by atoms with Gasteiger partial charge in [-0.05, 0) is 24.3 Å². The molecule has 1 amide bonds. The third kappa shape index (κ3) is 3.04. The summed E-state index contributed by atoms with van der Waals surface area (Å²) in [6.45, 7) is 0. The number of carbonyl (C=O) groups is 1. The Morgan fingerprint density at radius 1 is 1.11 bits per heavy atom. The third-order valence-electron chi connectivity index (χ3n) is 2.77. The summed E-state index contributed by atoms with van der Waals surface area (Å²) in [6.07, 6.45) is 0. The number of hydrogen-bond acceptors (Lipinski definition) is 3. The Morgan fingerprint density at radius 2 is 1.89 bits per heavy atom. The van der Waals surface area contributed by atoms with Crippen LogP contribution < -0.4 is 15.4 Å². The van der Waals surface area contributed by atoms with Crippen LogP contribution >= 0.6 is 0 Å². The fourth-order valence-corrected chi connectivity index (χ4v) is 1.80. The number of amides is 1. The predicted octanol–water partition coefficient (Wildman–Crippen LogP) is 2.99. The minimum absolute atomic E-state index is 0.154. The van der Waals surface area contributed by atoms with Gasteiger partial charge in [0.1, 0.15) is 5.75 Å². The normalized spacial score (nSPS) is 9.79. The smallest absolute Gasteiger partial charge is 0.257 e. The summed E-state index contributed by atoms with van der Waals surface area (Å²) in [7, 11) is 3.38. The van der Waals surface area contributed by atoms with Crippen LogP contribution in [0.5, 0.6) is 5.75 Å². The number of nitrogens with one attached hydrogen (secondary N) is 2. The first-order valence-corrected chi connectivity index (χ1v) is 5.97. The number of rotatable bonds is 4. The molecule has 0 aliphatic rings. The molecule has 0 saturated carbocycles. The first-order valence-electron chi connectivity index (χ1n) is 5.97. The molecule has 0 fully saturated rings. The number of anilines is 2. The molecule has 0 radical (unpaired) electrons. The van der Waals surface area contributed by atoms with Crippen molar-refractivity contribution in [2.75, 3.05) is 24.8 Å². The molecule has 2 aromatic carbocycles. The lowest BCUT2D eigenvalue weighted by atomic mass is 10.1. The van der Waals surface area contributed by atoms with Crippen molar-refractivity contribution >= 4 is 17.3 Å². The van der Waals surface area contributed by atoms with Gasteiger partial charge in [0.15, 0.2) is 0 Å². The second-order valence-corrected chi connectivity index (χ2v) is 3.98. The van der Waals surface area contributed by atoms with Gasteiger partial charge in [-0.2, -0.15) is 0 Å². The summed E-state index contributed by atoms with van der Waals surface area (Å²) in [5.74, 6) is 0.554. The molecule has 4 nitrogen and oxygen atoms in total. The van der Waals surface area contributed by atoms with Gasteiger partial charge in [0.25, 0.3) is 5.91 Å². The average Bonchev–Trinajstić information content (AvgIpc) is 2.47. The van der Waals surface area contributed by atoms with Crippen LogP contribution in [0.3, 0.4) is 0 Å². The van der Waals surface area contributed by atoms with E-state index in [1.54, 1.807) is 26.3 Å². The van der Waals surface area contributed by atoms with E-state index < -0.39 is 0 Å². The first kappa shape index (κ1) is 13.0. The summed E-state index contributed by atoms with van der Waals surface area (Å²) < 4.78 is 5.12. The molecule has 0 unspecified atom stereocenters. The lowest BCUT2D eigenvalue weighted by Gasteiger charge is -2.10. The molecule has 0 aliphatic carbocycles. The maximum atomic E-state index is 12.2. The Labute approximate surface area is 112 Å². The number of benzene rings is 2. The minimum Gasteiger partial charge on any atom is -0.497 e. The molecule has 2 N–H and O–H groups in total. The van der Waals surface area contributed by atoms with Crippen LogP contribution in [-0.2, 0) is 0 Å². The van der Waals surface area contributed by atoms with E-state index in [1.165, 1.54) is 0 Å². The summed E-state index contributed by atoms with van der Waals surface area (Å²) >= 11 is 0. The van der Waals surface area contributed by atoms with Gasteiger partial charge in [-0.1, -0.05) is 18.2 Å². The highest BCUT2D eigenvalue weighted by molar-refractivity contribution is 6.08. The maximum absolute atomic E-state index is 12.2. The van der Waals surface area contributed by atoms with Gasteiger partial charge in [0.2, 0.25) is 0 Å². The van der Waals surface area contributed by atoms with E-state index in [0.717, 1.165) is 5.69 Å². The summed E-state index contributed by atoms with van der Waals surface area (Å²) in [5, 5.41) is 5.85. The van der Waals surface area contributed by atoms with Gasteiger partial charge >= 0.3 is 0 Å². The zero-order valence-electron chi connectivity index (χ0n) is 10.9. The lowest BCUT2D eigenvalue weighted by molar-refractivity contribution is 0.102.